The molecule has 0 spiro atoms. The molecule has 0 saturated carbocycles. The van der Waals surface area contributed by atoms with Gasteiger partial charge in [-0.3, -0.25) is 4.79 Å². The van der Waals surface area contributed by atoms with Crippen LogP contribution in [0.1, 0.15) is 11.3 Å². The monoisotopic (exact) mass is 392 g/mol. The fraction of sp³-hybridized carbons (Fsp3) is 0.267. The van der Waals surface area contributed by atoms with Gasteiger partial charge >= 0.3 is 6.18 Å². The van der Waals surface area contributed by atoms with Crippen molar-refractivity contribution >= 4 is 29.7 Å². The summed E-state index contributed by atoms with van der Waals surface area (Å²) in [5, 5.41) is 21.4. The summed E-state index contributed by atoms with van der Waals surface area (Å²) in [5.74, 6) is -0.175. The third-order valence-electron chi connectivity index (χ3n) is 2.82. The van der Waals surface area contributed by atoms with Crippen LogP contribution in [0.4, 0.5) is 24.8 Å². The summed E-state index contributed by atoms with van der Waals surface area (Å²) in [6.45, 7) is -0.330. The first-order valence-corrected chi connectivity index (χ1v) is 7.54. The number of aliphatic hydroxyl groups is 1. The van der Waals surface area contributed by atoms with Crippen molar-refractivity contribution in [2.24, 2.45) is 0 Å². The van der Waals surface area contributed by atoms with Gasteiger partial charge in [0.1, 0.15) is 0 Å². The van der Waals surface area contributed by atoms with Gasteiger partial charge in [0.15, 0.2) is 5.69 Å². The predicted molar refractivity (Wildman–Crippen MR) is 89.3 cm³/mol. The molecule has 4 N–H and O–H groups in total. The number of halogens is 4. The lowest BCUT2D eigenvalue weighted by Gasteiger charge is -2.14. The first kappa shape index (κ1) is 21.6. The number of nitrogens with one attached hydrogen (secondary N) is 2. The average Bonchev–Trinajstić information content (AvgIpc) is 2.56. The number of anilines is 2. The third-order valence-corrected chi connectivity index (χ3v) is 3.05. The number of carbonyl (C=O) groups is 1. The summed E-state index contributed by atoms with van der Waals surface area (Å²) < 4.78 is 39.4. The summed E-state index contributed by atoms with van der Waals surface area (Å²) >= 11 is 5.82. The van der Waals surface area contributed by atoms with E-state index >= 15 is 0 Å². The van der Waals surface area contributed by atoms with Crippen LogP contribution in [0.3, 0.4) is 0 Å². The first-order valence-electron chi connectivity index (χ1n) is 7.17. The Hall–Kier alpha value is -2.43. The Labute approximate surface area is 151 Å². The number of alkyl halides is 3. The maximum Gasteiger partial charge on any atom is 0.433 e. The second-order valence-corrected chi connectivity index (χ2v) is 5.14. The van der Waals surface area contributed by atoms with Crippen molar-refractivity contribution in [3.8, 4) is 0 Å². The van der Waals surface area contributed by atoms with Gasteiger partial charge in [0.05, 0.1) is 6.61 Å². The smallest absolute Gasteiger partial charge is 0.433 e. The van der Waals surface area contributed by atoms with Crippen molar-refractivity contribution in [2.45, 2.75) is 12.7 Å². The molecule has 2 aromatic rings. The highest BCUT2D eigenvalue weighted by Crippen LogP contribution is 2.31. The largest absolute Gasteiger partial charge is 0.483 e. The second kappa shape index (κ2) is 10.5. The molecule has 7 nitrogen and oxygen atoms in total. The van der Waals surface area contributed by atoms with E-state index in [0.717, 1.165) is 6.20 Å². The molecule has 142 valence electrons. The molecule has 0 atom stereocenters. The molecule has 0 bridgehead atoms. The van der Waals surface area contributed by atoms with E-state index in [1.54, 1.807) is 24.3 Å². The van der Waals surface area contributed by atoms with Crippen LogP contribution < -0.4 is 10.6 Å². The maximum absolute atomic E-state index is 13.1. The number of carboxylic acid groups (broad SMARTS) is 1. The first-order chi connectivity index (χ1) is 12.3. The molecule has 0 unspecified atom stereocenters. The van der Waals surface area contributed by atoms with Gasteiger partial charge < -0.3 is 20.8 Å². The zero-order valence-electron chi connectivity index (χ0n) is 13.3. The molecule has 0 amide bonds. The highest BCUT2D eigenvalue weighted by molar-refractivity contribution is 6.30. The summed E-state index contributed by atoms with van der Waals surface area (Å²) in [7, 11) is 0. The number of nitrogens with zero attached hydrogens (tertiary/aromatic N) is 2. The molecular formula is C15H16ClF3N4O3. The van der Waals surface area contributed by atoms with Gasteiger partial charge in [-0.25, -0.2) is 9.97 Å². The van der Waals surface area contributed by atoms with Gasteiger partial charge in [-0.15, -0.1) is 0 Å². The Morgan fingerprint density at radius 2 is 2.00 bits per heavy atom. The molecule has 1 aromatic carbocycles. The fourth-order valence-corrected chi connectivity index (χ4v) is 2.03. The molecule has 0 radical (unpaired) electrons. The van der Waals surface area contributed by atoms with Crippen LogP contribution in [-0.2, 0) is 17.5 Å². The van der Waals surface area contributed by atoms with E-state index < -0.39 is 11.9 Å². The molecule has 1 heterocycles. The molecule has 26 heavy (non-hydrogen) atoms. The second-order valence-electron chi connectivity index (χ2n) is 4.71. The van der Waals surface area contributed by atoms with Crippen LogP contribution in [0.25, 0.3) is 0 Å². The number of benzene rings is 1. The lowest BCUT2D eigenvalue weighted by atomic mass is 10.2. The highest BCUT2D eigenvalue weighted by Gasteiger charge is 2.36. The Bertz CT molecular complexity index is 717. The third kappa shape index (κ3) is 7.21. The van der Waals surface area contributed by atoms with Crippen LogP contribution in [0.2, 0.25) is 5.02 Å². The normalized spacial score (nSPS) is 10.7. The Balaban J connectivity index is 0.00000105. The maximum atomic E-state index is 13.1. The van der Waals surface area contributed by atoms with E-state index in [1.165, 1.54) is 0 Å². The van der Waals surface area contributed by atoms with Gasteiger partial charge in [-0.05, 0) is 18.2 Å². The summed E-state index contributed by atoms with van der Waals surface area (Å²) in [5.41, 5.74) is -0.637. The minimum absolute atomic E-state index is 0.0904. The van der Waals surface area contributed by atoms with Gasteiger partial charge in [0.25, 0.3) is 6.47 Å². The molecule has 1 aromatic heterocycles. The minimum atomic E-state index is -4.61. The van der Waals surface area contributed by atoms with E-state index in [1.807, 2.05) is 0 Å². The predicted octanol–water partition coefficient (Wildman–Crippen LogP) is 2.68. The van der Waals surface area contributed by atoms with E-state index in [0.29, 0.717) is 10.7 Å². The average molecular weight is 393 g/mol. The van der Waals surface area contributed by atoms with Crippen molar-refractivity contribution < 1.29 is 28.2 Å². The summed E-state index contributed by atoms with van der Waals surface area (Å²) in [4.78, 5) is 15.8. The number of hydrogen-bond donors (Lipinski definition) is 4. The highest BCUT2D eigenvalue weighted by atomic mass is 35.5. The van der Waals surface area contributed by atoms with Crippen molar-refractivity contribution in [3.63, 3.8) is 0 Å². The number of hydrogen-bond acceptors (Lipinski definition) is 6. The lowest BCUT2D eigenvalue weighted by Crippen LogP contribution is -2.22. The van der Waals surface area contributed by atoms with Crippen LogP contribution in [0, 0.1) is 0 Å². The molecule has 0 aliphatic rings. The summed E-state index contributed by atoms with van der Waals surface area (Å²) in [6.07, 6.45) is -3.50. The number of aromatic nitrogens is 2. The van der Waals surface area contributed by atoms with Crippen molar-refractivity contribution in [1.82, 2.24) is 15.3 Å². The van der Waals surface area contributed by atoms with Gasteiger partial charge in [0, 0.05) is 35.6 Å². The Morgan fingerprint density at radius 3 is 2.58 bits per heavy atom. The van der Waals surface area contributed by atoms with E-state index in [2.05, 4.69) is 20.6 Å². The molecule has 0 aliphatic heterocycles. The summed E-state index contributed by atoms with van der Waals surface area (Å²) in [6, 6.07) is 6.49. The fourth-order valence-electron chi connectivity index (χ4n) is 1.84. The topological polar surface area (TPSA) is 107 Å². The zero-order valence-corrected chi connectivity index (χ0v) is 14.1. The van der Waals surface area contributed by atoms with Gasteiger partial charge in [-0.1, -0.05) is 17.7 Å². The lowest BCUT2D eigenvalue weighted by molar-refractivity contribution is -0.141. The van der Waals surface area contributed by atoms with Crippen LogP contribution in [-0.4, -0.2) is 39.8 Å². The van der Waals surface area contributed by atoms with Crippen LogP contribution in [0.5, 0.6) is 0 Å². The Morgan fingerprint density at radius 1 is 1.31 bits per heavy atom. The van der Waals surface area contributed by atoms with Gasteiger partial charge in [-0.2, -0.15) is 13.2 Å². The molecule has 0 fully saturated rings. The zero-order chi connectivity index (χ0) is 19.6. The molecule has 0 aliphatic carbocycles. The standard InChI is InChI=1S/C14H14ClF3N4O.CH2O2/c15-10-2-1-3-11(6-10)21-13-20-8-9(7-19-4-5-23)12(22-13)14(16,17)18;2-1-3/h1-3,6,8,19,23H,4-5,7H2,(H,20,21,22);1H,(H,2,3). The van der Waals surface area contributed by atoms with E-state index in [9.17, 15) is 13.2 Å². The molecule has 0 saturated heterocycles. The minimum Gasteiger partial charge on any atom is -0.483 e. The molecule has 2 rings (SSSR count). The number of aliphatic hydroxyl groups excluding tert-OH is 1. The Kier molecular flexibility index (Phi) is 8.76. The quantitative estimate of drug-likeness (QED) is 0.442. The van der Waals surface area contributed by atoms with Crippen molar-refractivity contribution in [1.29, 1.82) is 0 Å². The van der Waals surface area contributed by atoms with Crippen LogP contribution in [0.15, 0.2) is 30.5 Å². The number of rotatable bonds is 6. The van der Waals surface area contributed by atoms with Crippen LogP contribution >= 0.6 is 11.6 Å². The van der Waals surface area contributed by atoms with Crippen molar-refractivity contribution in [3.05, 3.63) is 46.7 Å². The van der Waals surface area contributed by atoms with Gasteiger partial charge in [0.2, 0.25) is 5.95 Å². The SMILES string of the molecule is O=CO.OCCNCc1cnc(Nc2cccc(Cl)c2)nc1C(F)(F)F. The van der Waals surface area contributed by atoms with Crippen molar-refractivity contribution in [2.75, 3.05) is 18.5 Å². The molecular weight excluding hydrogens is 377 g/mol. The van der Waals surface area contributed by atoms with E-state index in [4.69, 9.17) is 26.6 Å². The molecule has 11 heteroatoms. The van der Waals surface area contributed by atoms with E-state index in [-0.39, 0.29) is 37.7 Å².